The lowest BCUT2D eigenvalue weighted by molar-refractivity contribution is -0.140. The van der Waals surface area contributed by atoms with Gasteiger partial charge in [0, 0.05) is 0 Å². The van der Waals surface area contributed by atoms with Crippen molar-refractivity contribution >= 4 is 27.5 Å². The average molecular weight is 416 g/mol. The zero-order chi connectivity index (χ0) is 18.2. The molecule has 2 heterocycles. The van der Waals surface area contributed by atoms with E-state index >= 15 is 0 Å². The van der Waals surface area contributed by atoms with Crippen LogP contribution in [-0.4, -0.2) is 25.9 Å². The van der Waals surface area contributed by atoms with Crippen molar-refractivity contribution in [2.75, 3.05) is 5.32 Å². The summed E-state index contributed by atoms with van der Waals surface area (Å²) in [5, 5.41) is 10.9. The van der Waals surface area contributed by atoms with Gasteiger partial charge < -0.3 is 5.32 Å². The molecule has 0 aromatic carbocycles. The SMILES string of the molecule is Cc1[nH]nc(C(F)(F)F)c1NC(=O)Cn1nc(C(F)F)c(Br)c1C. The molecule has 0 bridgehead atoms. The van der Waals surface area contributed by atoms with Gasteiger partial charge in [0.05, 0.1) is 21.5 Å². The molecular weight excluding hydrogens is 405 g/mol. The van der Waals surface area contributed by atoms with Crippen molar-refractivity contribution in [3.63, 3.8) is 0 Å². The number of amides is 1. The van der Waals surface area contributed by atoms with Crippen LogP contribution in [0.3, 0.4) is 0 Å². The average Bonchev–Trinajstić information content (AvgIpc) is 2.94. The van der Waals surface area contributed by atoms with Gasteiger partial charge in [0.15, 0.2) is 5.69 Å². The summed E-state index contributed by atoms with van der Waals surface area (Å²) in [6.07, 6.45) is -7.60. The van der Waals surface area contributed by atoms with Gasteiger partial charge in [-0.2, -0.15) is 23.4 Å². The Labute approximate surface area is 140 Å². The Morgan fingerprint density at radius 2 is 2.00 bits per heavy atom. The Bertz CT molecular complexity index is 767. The summed E-state index contributed by atoms with van der Waals surface area (Å²) in [6, 6.07) is 0. The topological polar surface area (TPSA) is 75.6 Å². The maximum absolute atomic E-state index is 12.8. The Balaban J connectivity index is 2.21. The number of nitrogens with zero attached hydrogens (tertiary/aromatic N) is 3. The highest BCUT2D eigenvalue weighted by atomic mass is 79.9. The summed E-state index contributed by atoms with van der Waals surface area (Å²) in [5.74, 6) is -0.857. The van der Waals surface area contributed by atoms with Crippen LogP contribution in [0.25, 0.3) is 0 Å². The summed E-state index contributed by atoms with van der Waals surface area (Å²) >= 11 is 2.94. The number of H-pyrrole nitrogens is 1. The van der Waals surface area contributed by atoms with Crippen LogP contribution in [0.4, 0.5) is 27.6 Å². The molecule has 0 aliphatic heterocycles. The number of aryl methyl sites for hydroxylation is 1. The van der Waals surface area contributed by atoms with Crippen molar-refractivity contribution < 1.29 is 26.7 Å². The fraction of sp³-hybridized carbons (Fsp3) is 0.417. The third-order valence-corrected chi connectivity index (χ3v) is 4.12. The zero-order valence-corrected chi connectivity index (χ0v) is 13.9. The van der Waals surface area contributed by atoms with E-state index in [1.807, 2.05) is 0 Å². The van der Waals surface area contributed by atoms with Crippen LogP contribution in [0.5, 0.6) is 0 Å². The first-order valence-corrected chi connectivity index (χ1v) is 7.24. The highest BCUT2D eigenvalue weighted by Gasteiger charge is 2.38. The second kappa shape index (κ2) is 6.49. The second-order valence-electron chi connectivity index (χ2n) is 4.86. The molecule has 0 unspecified atom stereocenters. The Morgan fingerprint density at radius 3 is 2.50 bits per heavy atom. The van der Waals surface area contributed by atoms with Gasteiger partial charge in [-0.3, -0.25) is 14.6 Å². The molecule has 2 aromatic rings. The van der Waals surface area contributed by atoms with Crippen molar-refractivity contribution in [3.8, 4) is 0 Å². The highest BCUT2D eigenvalue weighted by Crippen LogP contribution is 2.34. The first-order valence-electron chi connectivity index (χ1n) is 6.45. The van der Waals surface area contributed by atoms with Gasteiger partial charge >= 0.3 is 6.18 Å². The summed E-state index contributed by atoms with van der Waals surface area (Å²) in [7, 11) is 0. The van der Waals surface area contributed by atoms with Crippen molar-refractivity contribution in [1.82, 2.24) is 20.0 Å². The highest BCUT2D eigenvalue weighted by molar-refractivity contribution is 9.10. The molecule has 2 N–H and O–H groups in total. The van der Waals surface area contributed by atoms with E-state index in [9.17, 15) is 26.7 Å². The largest absolute Gasteiger partial charge is 0.437 e. The maximum Gasteiger partial charge on any atom is 0.437 e. The van der Waals surface area contributed by atoms with Crippen molar-refractivity contribution in [2.24, 2.45) is 0 Å². The van der Waals surface area contributed by atoms with Gasteiger partial charge in [0.2, 0.25) is 5.91 Å². The minimum atomic E-state index is -4.75. The molecule has 0 aliphatic rings. The van der Waals surface area contributed by atoms with Gasteiger partial charge in [0.1, 0.15) is 12.2 Å². The molecule has 1 amide bonds. The van der Waals surface area contributed by atoms with Gasteiger partial charge in [-0.05, 0) is 29.8 Å². The fourth-order valence-corrected chi connectivity index (χ4v) is 2.40. The monoisotopic (exact) mass is 415 g/mol. The summed E-state index contributed by atoms with van der Waals surface area (Å²) in [6.45, 7) is 2.22. The molecule has 132 valence electrons. The molecule has 0 saturated carbocycles. The third kappa shape index (κ3) is 3.57. The fourth-order valence-electron chi connectivity index (χ4n) is 1.94. The minimum absolute atomic E-state index is 0.0160. The molecular formula is C12H11BrF5N5O. The van der Waals surface area contributed by atoms with E-state index in [-0.39, 0.29) is 15.9 Å². The number of alkyl halides is 5. The smallest absolute Gasteiger partial charge is 0.321 e. The summed E-state index contributed by atoms with van der Waals surface area (Å²) < 4.78 is 65.0. The Morgan fingerprint density at radius 1 is 1.38 bits per heavy atom. The lowest BCUT2D eigenvalue weighted by Gasteiger charge is -2.09. The molecule has 12 heteroatoms. The summed E-state index contributed by atoms with van der Waals surface area (Å²) in [5.41, 5.74) is -2.05. The molecule has 0 radical (unpaired) electrons. The van der Waals surface area contributed by atoms with Crippen LogP contribution in [0.15, 0.2) is 4.47 Å². The van der Waals surface area contributed by atoms with Gasteiger partial charge in [-0.25, -0.2) is 8.78 Å². The first-order chi connectivity index (χ1) is 11.0. The van der Waals surface area contributed by atoms with E-state index in [1.54, 1.807) is 0 Å². The molecule has 0 fully saturated rings. The molecule has 6 nitrogen and oxygen atoms in total. The van der Waals surface area contributed by atoms with Crippen LogP contribution in [0.2, 0.25) is 0 Å². The number of aromatic nitrogens is 4. The minimum Gasteiger partial charge on any atom is -0.321 e. The number of carbonyl (C=O) groups excluding carboxylic acids is 1. The quantitative estimate of drug-likeness (QED) is 0.749. The standard InChI is InChI=1S/C12H11BrF5N5O/c1-4-8(10(21-20-4)12(16,17)18)19-6(24)3-23-5(2)7(13)9(22-23)11(14)15/h11H,3H2,1-2H3,(H,19,24)(H,20,21). The predicted molar refractivity (Wildman–Crippen MR) is 76.6 cm³/mol. The molecule has 0 atom stereocenters. The Kier molecular flexibility index (Phi) is 4.97. The van der Waals surface area contributed by atoms with Crippen molar-refractivity contribution in [1.29, 1.82) is 0 Å². The van der Waals surface area contributed by atoms with E-state index in [1.165, 1.54) is 13.8 Å². The zero-order valence-electron chi connectivity index (χ0n) is 12.3. The second-order valence-corrected chi connectivity index (χ2v) is 5.65. The van der Waals surface area contributed by atoms with Crippen molar-refractivity contribution in [3.05, 3.63) is 27.2 Å². The van der Waals surface area contributed by atoms with Crippen LogP contribution >= 0.6 is 15.9 Å². The number of hydrogen-bond donors (Lipinski definition) is 2. The number of hydrogen-bond acceptors (Lipinski definition) is 3. The van der Waals surface area contributed by atoms with E-state index in [0.29, 0.717) is 0 Å². The number of anilines is 1. The van der Waals surface area contributed by atoms with E-state index in [0.717, 1.165) is 4.68 Å². The summed E-state index contributed by atoms with van der Waals surface area (Å²) in [4.78, 5) is 12.0. The lowest BCUT2D eigenvalue weighted by atomic mass is 10.3. The van der Waals surface area contributed by atoms with Crippen LogP contribution in [0, 0.1) is 13.8 Å². The third-order valence-electron chi connectivity index (χ3n) is 3.14. The number of halogens is 6. The molecule has 0 saturated heterocycles. The normalized spacial score (nSPS) is 12.0. The molecule has 24 heavy (non-hydrogen) atoms. The maximum atomic E-state index is 12.8. The van der Waals surface area contributed by atoms with Gasteiger partial charge in [-0.15, -0.1) is 0 Å². The number of carbonyl (C=O) groups is 1. The first kappa shape index (κ1) is 18.4. The number of rotatable bonds is 4. The van der Waals surface area contributed by atoms with Crippen LogP contribution in [0.1, 0.15) is 29.2 Å². The van der Waals surface area contributed by atoms with Gasteiger partial charge in [0.25, 0.3) is 6.43 Å². The van der Waals surface area contributed by atoms with Crippen LogP contribution in [-0.2, 0) is 17.5 Å². The molecule has 2 aromatic heterocycles. The number of aromatic amines is 1. The molecule has 0 spiro atoms. The lowest BCUT2D eigenvalue weighted by Crippen LogP contribution is -2.22. The Hall–Kier alpha value is -1.98. The van der Waals surface area contributed by atoms with Crippen LogP contribution < -0.4 is 5.32 Å². The number of nitrogens with one attached hydrogen (secondary N) is 2. The van der Waals surface area contributed by atoms with E-state index in [4.69, 9.17) is 0 Å². The van der Waals surface area contributed by atoms with E-state index in [2.05, 4.69) is 36.5 Å². The van der Waals surface area contributed by atoms with Crippen molar-refractivity contribution in [2.45, 2.75) is 33.0 Å². The van der Waals surface area contributed by atoms with Gasteiger partial charge in [-0.1, -0.05) is 0 Å². The van der Waals surface area contributed by atoms with E-state index < -0.39 is 42.1 Å². The molecule has 2 rings (SSSR count). The molecule has 0 aliphatic carbocycles. The predicted octanol–water partition coefficient (Wildman–Crippen LogP) is 3.58.